The van der Waals surface area contributed by atoms with Gasteiger partial charge in [0.25, 0.3) is 0 Å². The second-order valence-electron chi connectivity index (χ2n) is 3.42. The fraction of sp³-hybridized carbons (Fsp3) is 1.00. The zero-order valence-corrected chi connectivity index (χ0v) is 10.5. The number of nitrogens with two attached hydrogens (primary N) is 1. The molecule has 0 aliphatic carbocycles. The molecule has 0 fully saturated rings. The molecule has 90 valence electrons. The number of hydrogen-bond acceptors (Lipinski definition) is 4. The van der Waals surface area contributed by atoms with Gasteiger partial charge in [-0.15, -0.1) is 0 Å². The monoisotopic (exact) mass is 258 g/mol. The van der Waals surface area contributed by atoms with Crippen molar-refractivity contribution in [3.8, 4) is 0 Å². The van der Waals surface area contributed by atoms with Gasteiger partial charge in [-0.1, -0.05) is 0 Å². The van der Waals surface area contributed by atoms with Gasteiger partial charge in [-0.3, -0.25) is 4.57 Å². The van der Waals surface area contributed by atoms with Crippen LogP contribution in [0.25, 0.3) is 0 Å². The van der Waals surface area contributed by atoms with Crippen LogP contribution in [0.1, 0.15) is 19.8 Å². The first-order valence-electron chi connectivity index (χ1n) is 4.69. The van der Waals surface area contributed by atoms with Crippen LogP contribution in [0.4, 0.5) is 0 Å². The molecular formula is C7H18NO5P2+. The van der Waals surface area contributed by atoms with E-state index in [-0.39, 0.29) is 25.0 Å². The Hall–Kier alpha value is 0.170. The second kappa shape index (κ2) is 7.44. The smallest absolute Gasteiger partial charge is 0.326 e. The quantitative estimate of drug-likeness (QED) is 0.443. The molecule has 0 aliphatic heterocycles. The second-order valence-corrected chi connectivity index (χ2v) is 6.55. The summed E-state index contributed by atoms with van der Waals surface area (Å²) in [6, 6.07) is -0.280. The lowest BCUT2D eigenvalue weighted by Crippen LogP contribution is -2.21. The first-order valence-corrected chi connectivity index (χ1v) is 7.85. The SMILES string of the molecule is CC(N)COP(=O)(O)CCCC[P+](=O)O. The lowest BCUT2D eigenvalue weighted by atomic mass is 10.4. The standard InChI is InChI=1S/C7H17NO5P2/c1-7(8)6-13-15(11,12)5-3-2-4-14(9)10/h7H,2-6,8H2,1H3,(H-,9,10,11,12)/p+1. The average molecular weight is 258 g/mol. The van der Waals surface area contributed by atoms with E-state index >= 15 is 0 Å². The predicted octanol–water partition coefficient (Wildman–Crippen LogP) is 1.05. The Bertz CT molecular complexity index is 246. The van der Waals surface area contributed by atoms with Crippen LogP contribution in [0.3, 0.4) is 0 Å². The molecule has 3 unspecified atom stereocenters. The third-order valence-electron chi connectivity index (χ3n) is 1.58. The molecule has 15 heavy (non-hydrogen) atoms. The normalized spacial score (nSPS) is 18.3. The lowest BCUT2D eigenvalue weighted by molar-refractivity contribution is 0.246. The van der Waals surface area contributed by atoms with Gasteiger partial charge in [0, 0.05) is 6.04 Å². The summed E-state index contributed by atoms with van der Waals surface area (Å²) >= 11 is 0. The molecule has 0 aromatic rings. The maximum atomic E-state index is 11.3. The third-order valence-corrected chi connectivity index (χ3v) is 3.71. The van der Waals surface area contributed by atoms with Crippen LogP contribution < -0.4 is 5.73 Å². The maximum absolute atomic E-state index is 11.3. The molecule has 0 amide bonds. The van der Waals surface area contributed by atoms with Crippen molar-refractivity contribution in [2.75, 3.05) is 18.9 Å². The fourth-order valence-electron chi connectivity index (χ4n) is 0.857. The zero-order chi connectivity index (χ0) is 11.9. The third kappa shape index (κ3) is 10.5. The largest absolute Gasteiger partial charge is 0.505 e. The Morgan fingerprint density at radius 1 is 1.53 bits per heavy atom. The summed E-state index contributed by atoms with van der Waals surface area (Å²) in [6.07, 6.45) is 0.998. The van der Waals surface area contributed by atoms with E-state index in [9.17, 15) is 14.0 Å². The molecule has 0 aromatic heterocycles. The van der Waals surface area contributed by atoms with Gasteiger partial charge in [-0.05, 0) is 24.3 Å². The van der Waals surface area contributed by atoms with E-state index < -0.39 is 15.6 Å². The molecule has 0 bridgehead atoms. The molecule has 0 aliphatic rings. The molecule has 4 N–H and O–H groups in total. The highest BCUT2D eigenvalue weighted by atomic mass is 31.2. The minimum absolute atomic E-state index is 0.00287. The van der Waals surface area contributed by atoms with E-state index in [1.54, 1.807) is 6.92 Å². The summed E-state index contributed by atoms with van der Waals surface area (Å²) in [4.78, 5) is 17.8. The van der Waals surface area contributed by atoms with Gasteiger partial charge in [0.05, 0.1) is 12.8 Å². The van der Waals surface area contributed by atoms with Crippen molar-refractivity contribution in [3.05, 3.63) is 0 Å². The molecule has 3 atom stereocenters. The van der Waals surface area contributed by atoms with E-state index in [1.165, 1.54) is 0 Å². The Morgan fingerprint density at radius 3 is 2.60 bits per heavy atom. The number of rotatable bonds is 8. The topological polar surface area (TPSA) is 110 Å². The van der Waals surface area contributed by atoms with Gasteiger partial charge in [-0.2, -0.15) is 4.89 Å². The molecule has 0 aromatic carbocycles. The highest BCUT2D eigenvalue weighted by Crippen LogP contribution is 2.42. The Morgan fingerprint density at radius 2 is 2.13 bits per heavy atom. The Labute approximate surface area is 90.2 Å². The molecule has 0 saturated carbocycles. The molecule has 0 rings (SSSR count). The molecule has 0 radical (unpaired) electrons. The molecule has 6 nitrogen and oxygen atoms in total. The Balaban J connectivity index is 3.65. The predicted molar refractivity (Wildman–Crippen MR) is 58.2 cm³/mol. The minimum Gasteiger partial charge on any atom is -0.326 e. The van der Waals surface area contributed by atoms with Crippen molar-refractivity contribution in [1.29, 1.82) is 0 Å². The van der Waals surface area contributed by atoms with Crippen LogP contribution in [0.15, 0.2) is 0 Å². The summed E-state index contributed by atoms with van der Waals surface area (Å²) < 4.78 is 26.4. The zero-order valence-electron chi connectivity index (χ0n) is 8.70. The molecule has 8 heteroatoms. The number of hydrogen-bond donors (Lipinski definition) is 3. The van der Waals surface area contributed by atoms with Gasteiger partial charge in [0.1, 0.15) is 0 Å². The van der Waals surface area contributed by atoms with Crippen molar-refractivity contribution < 1.29 is 23.4 Å². The van der Waals surface area contributed by atoms with Gasteiger partial charge in [0.15, 0.2) is 6.16 Å². The lowest BCUT2D eigenvalue weighted by Gasteiger charge is -2.12. The van der Waals surface area contributed by atoms with Gasteiger partial charge < -0.3 is 15.2 Å². The van der Waals surface area contributed by atoms with Crippen molar-refractivity contribution >= 4 is 15.6 Å². The fourth-order valence-corrected chi connectivity index (χ4v) is 2.57. The summed E-state index contributed by atoms with van der Waals surface area (Å²) in [5.41, 5.74) is 5.37. The van der Waals surface area contributed by atoms with Gasteiger partial charge >= 0.3 is 15.6 Å². The molecule has 0 saturated heterocycles. The number of unbranched alkanes of at least 4 members (excludes halogenated alkanes) is 1. The first kappa shape index (κ1) is 15.2. The van der Waals surface area contributed by atoms with E-state index in [1.807, 2.05) is 0 Å². The highest BCUT2D eigenvalue weighted by molar-refractivity contribution is 7.52. The van der Waals surface area contributed by atoms with Gasteiger partial charge in [0.2, 0.25) is 0 Å². The summed E-state index contributed by atoms with van der Waals surface area (Å²) in [7, 11) is -5.71. The minimum atomic E-state index is -3.56. The van der Waals surface area contributed by atoms with Crippen molar-refractivity contribution in [2.45, 2.75) is 25.8 Å². The first-order chi connectivity index (χ1) is 6.83. The van der Waals surface area contributed by atoms with Crippen LogP contribution in [0.2, 0.25) is 0 Å². The van der Waals surface area contributed by atoms with Crippen molar-refractivity contribution in [2.24, 2.45) is 5.73 Å². The molecular weight excluding hydrogens is 240 g/mol. The van der Waals surface area contributed by atoms with Crippen LogP contribution in [0, 0.1) is 0 Å². The maximum Gasteiger partial charge on any atom is 0.505 e. The van der Waals surface area contributed by atoms with Crippen LogP contribution in [-0.2, 0) is 13.7 Å². The van der Waals surface area contributed by atoms with Crippen LogP contribution in [-0.4, -0.2) is 34.8 Å². The Kier molecular flexibility index (Phi) is 7.53. The van der Waals surface area contributed by atoms with E-state index in [0.717, 1.165) is 0 Å². The highest BCUT2D eigenvalue weighted by Gasteiger charge is 2.20. The van der Waals surface area contributed by atoms with Gasteiger partial charge in [-0.25, -0.2) is 0 Å². The van der Waals surface area contributed by atoms with E-state index in [0.29, 0.717) is 12.8 Å². The van der Waals surface area contributed by atoms with Crippen molar-refractivity contribution in [1.82, 2.24) is 0 Å². The molecule has 0 heterocycles. The van der Waals surface area contributed by atoms with Crippen LogP contribution >= 0.6 is 15.6 Å². The summed E-state index contributed by atoms with van der Waals surface area (Å²) in [5, 5.41) is 0. The van der Waals surface area contributed by atoms with E-state index in [4.69, 9.17) is 15.2 Å². The summed E-state index contributed by atoms with van der Waals surface area (Å²) in [6.45, 7) is 1.72. The summed E-state index contributed by atoms with van der Waals surface area (Å²) in [5.74, 6) is 0. The molecule has 0 spiro atoms. The van der Waals surface area contributed by atoms with Crippen LogP contribution in [0.5, 0.6) is 0 Å². The van der Waals surface area contributed by atoms with Crippen molar-refractivity contribution in [3.63, 3.8) is 0 Å². The van der Waals surface area contributed by atoms with E-state index in [2.05, 4.69) is 0 Å². The average Bonchev–Trinajstić information content (AvgIpc) is 2.09.